The molecule has 4 nitrogen and oxygen atoms in total. The van der Waals surface area contributed by atoms with Gasteiger partial charge in [0, 0.05) is 12.6 Å². The van der Waals surface area contributed by atoms with Gasteiger partial charge in [0.1, 0.15) is 12.0 Å². The summed E-state index contributed by atoms with van der Waals surface area (Å²) in [6, 6.07) is 1.34. The Morgan fingerprint density at radius 1 is 1.40 bits per heavy atom. The van der Waals surface area contributed by atoms with E-state index in [0.29, 0.717) is 17.8 Å². The molecule has 82 valence electrons. The van der Waals surface area contributed by atoms with Crippen LogP contribution in [0.5, 0.6) is 0 Å². The Bertz CT molecular complexity index is 342. The van der Waals surface area contributed by atoms with Gasteiger partial charge in [0.25, 0.3) is 6.01 Å². The summed E-state index contributed by atoms with van der Waals surface area (Å²) in [7, 11) is 0. The maximum absolute atomic E-state index is 8.94. The van der Waals surface area contributed by atoms with Gasteiger partial charge in [0.2, 0.25) is 0 Å². The molecule has 2 fully saturated rings. The van der Waals surface area contributed by atoms with E-state index in [1.165, 1.54) is 25.7 Å². The van der Waals surface area contributed by atoms with E-state index in [1.54, 1.807) is 6.26 Å². The highest BCUT2D eigenvalue weighted by Crippen LogP contribution is 2.37. The molecule has 1 heterocycles. The van der Waals surface area contributed by atoms with Crippen molar-refractivity contribution < 1.29 is 9.52 Å². The van der Waals surface area contributed by atoms with Crippen LogP contribution in [0, 0.1) is 5.92 Å². The number of aromatic nitrogens is 1. The van der Waals surface area contributed by atoms with Crippen LogP contribution in [0.15, 0.2) is 10.7 Å². The van der Waals surface area contributed by atoms with Gasteiger partial charge in [-0.1, -0.05) is 0 Å². The molecule has 0 bridgehead atoms. The number of hydrogen-bond donors (Lipinski definition) is 1. The third-order valence-electron chi connectivity index (χ3n) is 3.09. The molecule has 0 aliphatic heterocycles. The van der Waals surface area contributed by atoms with Crippen molar-refractivity contribution in [3.63, 3.8) is 0 Å². The molecule has 4 heteroatoms. The van der Waals surface area contributed by atoms with Crippen molar-refractivity contribution in [1.82, 2.24) is 4.98 Å². The van der Waals surface area contributed by atoms with E-state index in [-0.39, 0.29) is 6.61 Å². The van der Waals surface area contributed by atoms with Crippen LogP contribution in [0.25, 0.3) is 0 Å². The van der Waals surface area contributed by atoms with E-state index in [9.17, 15) is 0 Å². The lowest BCUT2D eigenvalue weighted by Gasteiger charge is -2.19. The zero-order valence-corrected chi connectivity index (χ0v) is 8.72. The Labute approximate surface area is 88.9 Å². The average molecular weight is 208 g/mol. The smallest absolute Gasteiger partial charge is 0.297 e. The second-order valence-electron chi connectivity index (χ2n) is 4.61. The van der Waals surface area contributed by atoms with E-state index < -0.39 is 0 Å². The highest BCUT2D eigenvalue weighted by molar-refractivity contribution is 5.32. The van der Waals surface area contributed by atoms with E-state index in [2.05, 4.69) is 9.88 Å². The number of aliphatic hydroxyl groups is 1. The Hall–Kier alpha value is -1.03. The van der Waals surface area contributed by atoms with E-state index in [0.717, 1.165) is 12.5 Å². The first kappa shape index (κ1) is 9.21. The van der Waals surface area contributed by atoms with Gasteiger partial charge in [-0.2, -0.15) is 4.98 Å². The predicted octanol–water partition coefficient (Wildman–Crippen LogP) is 1.55. The molecule has 0 atom stereocenters. The third kappa shape index (κ3) is 2.00. The first-order valence-electron chi connectivity index (χ1n) is 5.68. The van der Waals surface area contributed by atoms with E-state index >= 15 is 0 Å². The highest BCUT2D eigenvalue weighted by Gasteiger charge is 2.35. The lowest BCUT2D eigenvalue weighted by Crippen LogP contribution is -2.28. The Morgan fingerprint density at radius 3 is 2.73 bits per heavy atom. The highest BCUT2D eigenvalue weighted by atomic mass is 16.4. The molecule has 15 heavy (non-hydrogen) atoms. The molecule has 0 radical (unpaired) electrons. The maximum atomic E-state index is 8.94. The van der Waals surface area contributed by atoms with Crippen LogP contribution in [-0.4, -0.2) is 22.7 Å². The quantitative estimate of drug-likeness (QED) is 0.797. The van der Waals surface area contributed by atoms with Crippen LogP contribution in [0.1, 0.15) is 31.4 Å². The van der Waals surface area contributed by atoms with Gasteiger partial charge in [-0.05, 0) is 31.6 Å². The molecule has 1 aromatic rings. The number of hydrogen-bond acceptors (Lipinski definition) is 4. The molecular formula is C11H16N2O2. The van der Waals surface area contributed by atoms with Crippen molar-refractivity contribution in [2.45, 2.75) is 38.3 Å². The number of nitrogens with zero attached hydrogens (tertiary/aromatic N) is 2. The summed E-state index contributed by atoms with van der Waals surface area (Å²) in [5, 5.41) is 8.94. The predicted molar refractivity (Wildman–Crippen MR) is 55.5 cm³/mol. The van der Waals surface area contributed by atoms with Crippen LogP contribution in [-0.2, 0) is 6.61 Å². The van der Waals surface area contributed by atoms with Gasteiger partial charge in [-0.25, -0.2) is 0 Å². The second-order valence-corrected chi connectivity index (χ2v) is 4.61. The lowest BCUT2D eigenvalue weighted by molar-refractivity contribution is 0.276. The maximum Gasteiger partial charge on any atom is 0.297 e. The molecule has 0 saturated heterocycles. The minimum Gasteiger partial charge on any atom is -0.432 e. The van der Waals surface area contributed by atoms with Crippen molar-refractivity contribution in [1.29, 1.82) is 0 Å². The first-order chi connectivity index (χ1) is 7.36. The molecular weight excluding hydrogens is 192 g/mol. The van der Waals surface area contributed by atoms with Crippen molar-refractivity contribution >= 4 is 6.01 Å². The van der Waals surface area contributed by atoms with Crippen molar-refractivity contribution in [2.24, 2.45) is 5.92 Å². The number of rotatable bonds is 5. The molecule has 0 aromatic carbocycles. The summed E-state index contributed by atoms with van der Waals surface area (Å²) in [4.78, 5) is 6.56. The summed E-state index contributed by atoms with van der Waals surface area (Å²) >= 11 is 0. The Kier molecular flexibility index (Phi) is 2.16. The molecule has 2 aliphatic rings. The average Bonchev–Trinajstić information content (AvgIpc) is 3.14. The third-order valence-corrected chi connectivity index (χ3v) is 3.09. The zero-order valence-electron chi connectivity index (χ0n) is 8.72. The van der Waals surface area contributed by atoms with Crippen molar-refractivity contribution in [2.75, 3.05) is 11.4 Å². The van der Waals surface area contributed by atoms with Crippen LogP contribution >= 0.6 is 0 Å². The largest absolute Gasteiger partial charge is 0.432 e. The monoisotopic (exact) mass is 208 g/mol. The summed E-state index contributed by atoms with van der Waals surface area (Å²) < 4.78 is 5.40. The van der Waals surface area contributed by atoms with Gasteiger partial charge < -0.3 is 14.4 Å². The summed E-state index contributed by atoms with van der Waals surface area (Å²) in [5.74, 6) is 0.843. The molecule has 0 unspecified atom stereocenters. The molecule has 0 amide bonds. The number of anilines is 1. The van der Waals surface area contributed by atoms with Crippen LogP contribution < -0.4 is 4.90 Å². The minimum absolute atomic E-state index is 0.0363. The fourth-order valence-corrected chi connectivity index (χ4v) is 1.85. The van der Waals surface area contributed by atoms with Crippen LogP contribution in [0.4, 0.5) is 6.01 Å². The Morgan fingerprint density at radius 2 is 2.20 bits per heavy atom. The SMILES string of the molecule is OCc1coc(N(CC2CC2)C2CC2)n1. The summed E-state index contributed by atoms with van der Waals surface area (Å²) in [5.41, 5.74) is 0.631. The standard InChI is InChI=1S/C11H16N2O2/c14-6-9-7-15-11(12-9)13(10-3-4-10)5-8-1-2-8/h7-8,10,14H,1-6H2. The molecule has 0 spiro atoms. The second kappa shape index (κ2) is 3.52. The lowest BCUT2D eigenvalue weighted by atomic mass is 10.4. The van der Waals surface area contributed by atoms with Gasteiger partial charge in [0.05, 0.1) is 6.61 Å². The fourth-order valence-electron chi connectivity index (χ4n) is 1.85. The normalized spacial score (nSPS) is 20.6. The van der Waals surface area contributed by atoms with Gasteiger partial charge >= 0.3 is 0 Å². The molecule has 2 saturated carbocycles. The Balaban J connectivity index is 1.74. The molecule has 2 aliphatic carbocycles. The van der Waals surface area contributed by atoms with Gasteiger partial charge in [-0.15, -0.1) is 0 Å². The summed E-state index contributed by atoms with van der Waals surface area (Å²) in [6.07, 6.45) is 6.75. The molecule has 1 N–H and O–H groups in total. The van der Waals surface area contributed by atoms with Gasteiger partial charge in [0.15, 0.2) is 0 Å². The molecule has 3 rings (SSSR count). The van der Waals surface area contributed by atoms with Crippen molar-refractivity contribution in [3.05, 3.63) is 12.0 Å². The zero-order chi connectivity index (χ0) is 10.3. The number of oxazole rings is 1. The van der Waals surface area contributed by atoms with Crippen LogP contribution in [0.3, 0.4) is 0 Å². The fraction of sp³-hybridized carbons (Fsp3) is 0.727. The number of aliphatic hydroxyl groups excluding tert-OH is 1. The van der Waals surface area contributed by atoms with Crippen LogP contribution in [0.2, 0.25) is 0 Å². The van der Waals surface area contributed by atoms with E-state index in [1.807, 2.05) is 0 Å². The topological polar surface area (TPSA) is 49.5 Å². The summed E-state index contributed by atoms with van der Waals surface area (Å²) in [6.45, 7) is 1.04. The van der Waals surface area contributed by atoms with Gasteiger partial charge in [-0.3, -0.25) is 0 Å². The van der Waals surface area contributed by atoms with Crippen molar-refractivity contribution in [3.8, 4) is 0 Å². The molecule has 1 aromatic heterocycles. The first-order valence-corrected chi connectivity index (χ1v) is 5.68. The van der Waals surface area contributed by atoms with E-state index in [4.69, 9.17) is 9.52 Å². The minimum atomic E-state index is -0.0363.